The predicted octanol–water partition coefficient (Wildman–Crippen LogP) is 19.6. The van der Waals surface area contributed by atoms with Crippen LogP contribution >= 0.6 is 0 Å². The summed E-state index contributed by atoms with van der Waals surface area (Å²) in [6, 6.07) is 0. The van der Waals surface area contributed by atoms with Crippen LogP contribution in [0.25, 0.3) is 0 Å². The summed E-state index contributed by atoms with van der Waals surface area (Å²) in [5, 5.41) is 9.63. The Morgan fingerprint density at radius 2 is 0.586 bits per heavy atom. The number of aliphatic hydroxyl groups excluding tert-OH is 1. The Morgan fingerprint density at radius 1 is 0.329 bits per heavy atom. The van der Waals surface area contributed by atoms with Gasteiger partial charge in [0.25, 0.3) is 0 Å². The smallest absolute Gasteiger partial charge is 0.306 e. The van der Waals surface area contributed by atoms with E-state index in [-0.39, 0.29) is 25.2 Å². The third-order valence-corrected chi connectivity index (χ3v) is 11.9. The van der Waals surface area contributed by atoms with E-state index in [2.05, 4.69) is 148 Å². The highest BCUT2D eigenvalue weighted by Crippen LogP contribution is 2.16. The Labute approximate surface area is 432 Å². The van der Waals surface area contributed by atoms with Crippen molar-refractivity contribution in [2.75, 3.05) is 13.2 Å². The van der Waals surface area contributed by atoms with E-state index in [0.717, 1.165) is 96.3 Å². The molecular weight excluding hydrogens is 861 g/mol. The second kappa shape index (κ2) is 59.3. The summed E-state index contributed by atoms with van der Waals surface area (Å²) in [6.45, 7) is 3.86. The number of hydrogen-bond acceptors (Lipinski definition) is 5. The van der Waals surface area contributed by atoms with Crippen molar-refractivity contribution >= 4 is 11.9 Å². The minimum atomic E-state index is -0.802. The summed E-state index contributed by atoms with van der Waals surface area (Å²) in [4.78, 5) is 24.4. The van der Waals surface area contributed by atoms with E-state index in [0.29, 0.717) is 19.3 Å². The molecule has 1 N–H and O–H groups in total. The van der Waals surface area contributed by atoms with Gasteiger partial charge in [-0.25, -0.2) is 0 Å². The molecule has 0 fully saturated rings. The predicted molar refractivity (Wildman–Crippen MR) is 306 cm³/mol. The molecule has 0 aliphatic carbocycles. The van der Waals surface area contributed by atoms with Crippen LogP contribution in [0.1, 0.15) is 245 Å². The van der Waals surface area contributed by atoms with Crippen molar-refractivity contribution in [2.24, 2.45) is 0 Å². The maximum atomic E-state index is 12.3. The summed E-state index contributed by atoms with van der Waals surface area (Å²) in [7, 11) is 0. The first kappa shape index (κ1) is 66.0. The van der Waals surface area contributed by atoms with Crippen molar-refractivity contribution in [3.8, 4) is 0 Å². The summed E-state index contributed by atoms with van der Waals surface area (Å²) < 4.78 is 10.6. The quantitative estimate of drug-likeness (QED) is 0.0374. The van der Waals surface area contributed by atoms with Gasteiger partial charge in [-0.15, -0.1) is 0 Å². The molecule has 0 spiro atoms. The van der Waals surface area contributed by atoms with Crippen LogP contribution in [0.4, 0.5) is 0 Å². The number of unbranched alkanes of at least 4 members (excludes halogenated alkanes) is 21. The first-order valence-electron chi connectivity index (χ1n) is 28.7. The molecule has 0 bridgehead atoms. The fourth-order valence-corrected chi connectivity index (χ4v) is 7.71. The Morgan fingerprint density at radius 3 is 0.900 bits per heavy atom. The molecule has 0 aromatic carbocycles. The lowest BCUT2D eigenvalue weighted by molar-refractivity contribution is -0.161. The molecule has 0 aromatic heterocycles. The molecule has 0 rings (SSSR count). The number of esters is 2. The highest BCUT2D eigenvalue weighted by Gasteiger charge is 2.16. The van der Waals surface area contributed by atoms with Crippen molar-refractivity contribution in [2.45, 2.75) is 251 Å². The summed E-state index contributed by atoms with van der Waals surface area (Å²) >= 11 is 0. The molecule has 396 valence electrons. The molecule has 0 aromatic rings. The van der Waals surface area contributed by atoms with Crippen molar-refractivity contribution in [1.82, 2.24) is 0 Å². The molecule has 0 aliphatic rings. The van der Waals surface area contributed by atoms with Gasteiger partial charge in [0.15, 0.2) is 6.10 Å². The van der Waals surface area contributed by atoms with Crippen LogP contribution in [-0.2, 0) is 19.1 Å². The molecule has 0 aliphatic heterocycles. The molecule has 5 nitrogen and oxygen atoms in total. The van der Waals surface area contributed by atoms with Gasteiger partial charge in [-0.2, -0.15) is 0 Å². The third-order valence-electron chi connectivity index (χ3n) is 11.9. The van der Waals surface area contributed by atoms with Crippen LogP contribution in [0.5, 0.6) is 0 Å². The zero-order valence-electron chi connectivity index (χ0n) is 45.2. The Kier molecular flexibility index (Phi) is 56.0. The van der Waals surface area contributed by atoms with Gasteiger partial charge < -0.3 is 14.6 Å². The molecule has 0 amide bonds. The average Bonchev–Trinajstić information content (AvgIpc) is 3.36. The summed E-state index contributed by atoms with van der Waals surface area (Å²) in [6.07, 6.45) is 88.7. The number of aliphatic hydroxyl groups is 1. The number of allylic oxidation sites excluding steroid dienone is 22. The Bertz CT molecular complexity index is 1470. The summed E-state index contributed by atoms with van der Waals surface area (Å²) in [5.74, 6) is -0.660. The van der Waals surface area contributed by atoms with Gasteiger partial charge >= 0.3 is 11.9 Å². The van der Waals surface area contributed by atoms with Crippen molar-refractivity contribution in [3.05, 3.63) is 134 Å². The van der Waals surface area contributed by atoms with Crippen LogP contribution in [0.15, 0.2) is 134 Å². The number of hydrogen-bond donors (Lipinski definition) is 1. The molecule has 0 saturated heterocycles. The van der Waals surface area contributed by atoms with E-state index in [1.54, 1.807) is 0 Å². The van der Waals surface area contributed by atoms with E-state index in [4.69, 9.17) is 9.47 Å². The second-order valence-corrected chi connectivity index (χ2v) is 18.6. The van der Waals surface area contributed by atoms with E-state index < -0.39 is 6.10 Å². The lowest BCUT2D eigenvalue weighted by atomic mass is 10.0. The SMILES string of the molecule is CC/C=C\C/C=C\C/C=C\C/C=C\C/C=C\C/C=C\CCCCCCCCCCCCCCCCCCCCCCC(=O)OC(CO)COC(=O)CCC/C=C\C/C=C\C/C=C\C/C=C\C/C=C\CC. The van der Waals surface area contributed by atoms with E-state index in [1.807, 2.05) is 0 Å². The van der Waals surface area contributed by atoms with Crippen molar-refractivity contribution in [3.63, 3.8) is 0 Å². The van der Waals surface area contributed by atoms with E-state index in [9.17, 15) is 14.7 Å². The van der Waals surface area contributed by atoms with Crippen LogP contribution in [0.3, 0.4) is 0 Å². The van der Waals surface area contributed by atoms with Crippen LogP contribution < -0.4 is 0 Å². The van der Waals surface area contributed by atoms with Crippen molar-refractivity contribution in [1.29, 1.82) is 0 Å². The highest BCUT2D eigenvalue weighted by molar-refractivity contribution is 5.70. The molecule has 70 heavy (non-hydrogen) atoms. The number of ether oxygens (including phenoxy) is 2. The minimum Gasteiger partial charge on any atom is -0.462 e. The van der Waals surface area contributed by atoms with Gasteiger partial charge in [-0.1, -0.05) is 263 Å². The molecule has 5 heteroatoms. The zero-order valence-corrected chi connectivity index (χ0v) is 45.2. The molecular formula is C65H106O5. The molecule has 0 saturated carbocycles. The minimum absolute atomic E-state index is 0.1000. The number of rotatable bonds is 51. The molecule has 1 unspecified atom stereocenters. The van der Waals surface area contributed by atoms with Gasteiger partial charge in [-0.05, 0) is 103 Å². The Balaban J connectivity index is 3.51. The molecule has 0 radical (unpaired) electrons. The van der Waals surface area contributed by atoms with Crippen LogP contribution in [0, 0.1) is 0 Å². The van der Waals surface area contributed by atoms with E-state index >= 15 is 0 Å². The largest absolute Gasteiger partial charge is 0.462 e. The lowest BCUT2D eigenvalue weighted by Crippen LogP contribution is -2.28. The van der Waals surface area contributed by atoms with Gasteiger partial charge in [0.05, 0.1) is 6.61 Å². The topological polar surface area (TPSA) is 72.8 Å². The first-order valence-corrected chi connectivity index (χ1v) is 28.7. The van der Waals surface area contributed by atoms with Gasteiger partial charge in [0, 0.05) is 12.8 Å². The average molecular weight is 968 g/mol. The number of carbonyl (C=O) groups excluding carboxylic acids is 2. The Hall–Kier alpha value is -3.96. The van der Waals surface area contributed by atoms with Crippen LogP contribution in [0.2, 0.25) is 0 Å². The molecule has 1 atom stereocenters. The third kappa shape index (κ3) is 56.6. The monoisotopic (exact) mass is 967 g/mol. The zero-order chi connectivity index (χ0) is 50.6. The molecule has 0 heterocycles. The standard InChI is InChI=1S/C65H106O5/c1-3-5-7-9-11-13-15-17-19-21-22-23-24-25-26-27-28-29-30-31-32-33-34-35-36-37-38-39-40-41-42-44-46-48-50-52-54-56-58-60-65(68)70-63(61-66)62-69-64(67)59-57-55-53-51-49-47-45-43-20-18-16-14-12-10-8-6-4-2/h5-8,11-14,17-20,22-23,25-26,28-29,45,47,51,53,63,66H,3-4,9-10,15-16,21,24,27,30-44,46,48-50,52,54-62H2,1-2H3/b7-5-,8-6-,13-11-,14-12-,19-17-,20-18-,23-22-,26-25-,29-28-,47-45-,53-51-. The summed E-state index contributed by atoms with van der Waals surface area (Å²) in [5.41, 5.74) is 0. The van der Waals surface area contributed by atoms with E-state index in [1.165, 1.54) is 116 Å². The maximum Gasteiger partial charge on any atom is 0.306 e. The van der Waals surface area contributed by atoms with Crippen LogP contribution in [-0.4, -0.2) is 36.4 Å². The normalized spacial score (nSPS) is 13.2. The maximum absolute atomic E-state index is 12.3. The first-order chi connectivity index (χ1) is 34.6. The fourth-order valence-electron chi connectivity index (χ4n) is 7.71. The number of carbonyl (C=O) groups is 2. The van der Waals surface area contributed by atoms with Gasteiger partial charge in [0.1, 0.15) is 6.61 Å². The highest BCUT2D eigenvalue weighted by atomic mass is 16.6. The van der Waals surface area contributed by atoms with Gasteiger partial charge in [-0.3, -0.25) is 9.59 Å². The van der Waals surface area contributed by atoms with Gasteiger partial charge in [0.2, 0.25) is 0 Å². The lowest BCUT2D eigenvalue weighted by Gasteiger charge is -2.15. The fraction of sp³-hybridized carbons (Fsp3) is 0.631. The second-order valence-electron chi connectivity index (χ2n) is 18.6. The van der Waals surface area contributed by atoms with Crippen molar-refractivity contribution < 1.29 is 24.2 Å².